The van der Waals surface area contributed by atoms with Crippen LogP contribution in [-0.2, 0) is 6.42 Å². The summed E-state index contributed by atoms with van der Waals surface area (Å²) in [7, 11) is 0. The molecule has 1 N–H and O–H groups in total. The molecule has 0 bridgehead atoms. The lowest BCUT2D eigenvalue weighted by Crippen LogP contribution is -2.07. The van der Waals surface area contributed by atoms with Gasteiger partial charge >= 0.3 is 0 Å². The molecule has 1 aromatic heterocycles. The average Bonchev–Trinajstić information content (AvgIpc) is 3.18. The number of aromatic nitrogens is 1. The highest BCUT2D eigenvalue weighted by Crippen LogP contribution is 2.40. The van der Waals surface area contributed by atoms with Crippen LogP contribution >= 0.6 is 11.8 Å². The van der Waals surface area contributed by atoms with E-state index >= 15 is 0 Å². The Bertz CT molecular complexity index is 729. The fourth-order valence-corrected chi connectivity index (χ4v) is 3.89. The molecule has 0 spiro atoms. The van der Waals surface area contributed by atoms with Crippen LogP contribution in [0, 0.1) is 17.2 Å². The van der Waals surface area contributed by atoms with Crippen molar-refractivity contribution < 1.29 is 0 Å². The van der Waals surface area contributed by atoms with Gasteiger partial charge in [-0.25, -0.2) is 0 Å². The van der Waals surface area contributed by atoms with Crippen molar-refractivity contribution in [2.24, 2.45) is 5.92 Å². The number of anilines is 1. The molecule has 1 aliphatic carbocycles. The molecular weight excluding hydrogens is 266 g/mol. The van der Waals surface area contributed by atoms with Crippen LogP contribution in [0.4, 0.5) is 5.69 Å². The smallest absolute Gasteiger partial charge is 0.103 e. The fourth-order valence-electron chi connectivity index (χ4n) is 2.82. The van der Waals surface area contributed by atoms with Crippen LogP contribution < -0.4 is 5.32 Å². The Hall–Kier alpha value is -1.73. The number of aryl methyl sites for hydroxylation is 1. The zero-order valence-corrected chi connectivity index (χ0v) is 12.0. The molecule has 0 unspecified atom stereocenters. The van der Waals surface area contributed by atoms with Gasteiger partial charge in [0.15, 0.2) is 0 Å². The number of pyridine rings is 1. The lowest BCUT2D eigenvalue weighted by Gasteiger charge is -2.13. The Balaban J connectivity index is 1.91. The van der Waals surface area contributed by atoms with E-state index in [1.165, 1.54) is 28.7 Å². The minimum absolute atomic E-state index is 0.670. The van der Waals surface area contributed by atoms with Crippen molar-refractivity contribution in [3.05, 3.63) is 29.5 Å². The molecule has 0 radical (unpaired) electrons. The zero-order chi connectivity index (χ0) is 13.5. The first-order chi connectivity index (χ1) is 9.86. The normalized spacial score (nSPS) is 16.9. The summed E-state index contributed by atoms with van der Waals surface area (Å²) < 4.78 is 0. The number of rotatable bonds is 3. The van der Waals surface area contributed by atoms with E-state index in [0.717, 1.165) is 35.8 Å². The second-order valence-electron chi connectivity index (χ2n) is 5.52. The van der Waals surface area contributed by atoms with Crippen LogP contribution in [0.15, 0.2) is 23.2 Å². The van der Waals surface area contributed by atoms with E-state index in [4.69, 9.17) is 0 Å². The van der Waals surface area contributed by atoms with Gasteiger partial charge in [0, 0.05) is 28.8 Å². The summed E-state index contributed by atoms with van der Waals surface area (Å²) in [4.78, 5) is 5.81. The molecule has 4 heteroatoms. The third-order valence-corrected chi connectivity index (χ3v) is 5.20. The van der Waals surface area contributed by atoms with E-state index in [-0.39, 0.29) is 0 Å². The lowest BCUT2D eigenvalue weighted by atomic mass is 10.0. The van der Waals surface area contributed by atoms with E-state index in [2.05, 4.69) is 28.5 Å². The van der Waals surface area contributed by atoms with Gasteiger partial charge in [0.25, 0.3) is 0 Å². The maximum Gasteiger partial charge on any atom is 0.103 e. The first-order valence-electron chi connectivity index (χ1n) is 7.08. The third kappa shape index (κ3) is 1.94. The number of hydrogen-bond acceptors (Lipinski definition) is 4. The van der Waals surface area contributed by atoms with Crippen LogP contribution in [0.25, 0.3) is 10.9 Å². The summed E-state index contributed by atoms with van der Waals surface area (Å²) in [5.41, 5.74) is 4.05. The van der Waals surface area contributed by atoms with Crippen molar-refractivity contribution >= 4 is 28.4 Å². The maximum absolute atomic E-state index is 9.37. The first kappa shape index (κ1) is 12.0. The van der Waals surface area contributed by atoms with Gasteiger partial charge in [-0.15, -0.1) is 11.8 Å². The molecule has 2 aromatic rings. The van der Waals surface area contributed by atoms with E-state index in [1.807, 2.05) is 11.8 Å². The summed E-state index contributed by atoms with van der Waals surface area (Å²) in [6, 6.07) is 6.54. The Kier molecular flexibility index (Phi) is 2.82. The molecule has 20 heavy (non-hydrogen) atoms. The summed E-state index contributed by atoms with van der Waals surface area (Å²) in [6.45, 7) is 0.977. The van der Waals surface area contributed by atoms with E-state index in [9.17, 15) is 5.26 Å². The summed E-state index contributed by atoms with van der Waals surface area (Å²) in [5.74, 6) is 1.92. The standard InChI is InChI=1S/C16H15N3S/c17-7-11-9-18-13-3-4-14-12(5-6-20-14)15(13)16(11)19-8-10-1-2-10/h3-4,9-10H,1-2,5-6,8H2,(H,18,19). The molecule has 0 atom stereocenters. The fraction of sp³-hybridized carbons (Fsp3) is 0.375. The molecular formula is C16H15N3S. The van der Waals surface area contributed by atoms with Crippen LogP contribution in [0.1, 0.15) is 24.0 Å². The van der Waals surface area contributed by atoms with Gasteiger partial charge in [0.2, 0.25) is 0 Å². The van der Waals surface area contributed by atoms with Gasteiger partial charge in [-0.1, -0.05) is 0 Å². The topological polar surface area (TPSA) is 48.7 Å². The highest BCUT2D eigenvalue weighted by atomic mass is 32.2. The summed E-state index contributed by atoms with van der Waals surface area (Å²) >= 11 is 1.90. The summed E-state index contributed by atoms with van der Waals surface area (Å²) in [6.07, 6.45) is 5.40. The Morgan fingerprint density at radius 2 is 2.30 bits per heavy atom. The van der Waals surface area contributed by atoms with Crippen LogP contribution in [0.3, 0.4) is 0 Å². The van der Waals surface area contributed by atoms with E-state index < -0.39 is 0 Å². The first-order valence-corrected chi connectivity index (χ1v) is 8.07. The number of nitriles is 1. The second-order valence-corrected chi connectivity index (χ2v) is 6.65. The van der Waals surface area contributed by atoms with Gasteiger partial charge < -0.3 is 5.32 Å². The van der Waals surface area contributed by atoms with Crippen LogP contribution in [0.2, 0.25) is 0 Å². The van der Waals surface area contributed by atoms with Gasteiger partial charge in [0.05, 0.1) is 16.8 Å². The Morgan fingerprint density at radius 3 is 3.10 bits per heavy atom. The number of thioether (sulfide) groups is 1. The molecule has 1 fully saturated rings. The molecule has 0 amide bonds. The molecule has 3 nitrogen and oxygen atoms in total. The molecule has 1 aliphatic heterocycles. The lowest BCUT2D eigenvalue weighted by molar-refractivity contribution is 0.889. The van der Waals surface area contributed by atoms with Crippen molar-refractivity contribution in [2.45, 2.75) is 24.2 Å². The van der Waals surface area contributed by atoms with Crippen molar-refractivity contribution in [1.82, 2.24) is 4.98 Å². The van der Waals surface area contributed by atoms with E-state index in [1.54, 1.807) is 6.20 Å². The Labute approximate surface area is 122 Å². The molecule has 100 valence electrons. The number of hydrogen-bond donors (Lipinski definition) is 1. The third-order valence-electron chi connectivity index (χ3n) is 4.09. The number of nitrogens with zero attached hydrogens (tertiary/aromatic N) is 2. The number of fused-ring (bicyclic) bond motifs is 3. The predicted octanol–water partition coefficient (Wildman–Crippen LogP) is 3.58. The molecule has 0 saturated heterocycles. The monoisotopic (exact) mass is 281 g/mol. The zero-order valence-electron chi connectivity index (χ0n) is 11.1. The highest BCUT2D eigenvalue weighted by molar-refractivity contribution is 7.99. The van der Waals surface area contributed by atoms with Crippen LogP contribution in [-0.4, -0.2) is 17.3 Å². The van der Waals surface area contributed by atoms with Crippen molar-refractivity contribution in [3.8, 4) is 6.07 Å². The minimum atomic E-state index is 0.670. The summed E-state index contributed by atoms with van der Waals surface area (Å²) in [5, 5.41) is 14.1. The molecule has 2 heterocycles. The van der Waals surface area contributed by atoms with Crippen molar-refractivity contribution in [2.75, 3.05) is 17.6 Å². The van der Waals surface area contributed by atoms with Crippen LogP contribution in [0.5, 0.6) is 0 Å². The Morgan fingerprint density at radius 1 is 1.40 bits per heavy atom. The largest absolute Gasteiger partial charge is 0.383 e. The highest BCUT2D eigenvalue weighted by Gasteiger charge is 2.23. The van der Waals surface area contributed by atoms with E-state index in [0.29, 0.717) is 5.56 Å². The van der Waals surface area contributed by atoms with Gasteiger partial charge in [0.1, 0.15) is 6.07 Å². The molecule has 1 saturated carbocycles. The number of benzene rings is 1. The maximum atomic E-state index is 9.37. The molecule has 2 aliphatic rings. The number of nitrogens with one attached hydrogen (secondary N) is 1. The molecule has 4 rings (SSSR count). The predicted molar refractivity (Wildman–Crippen MR) is 82.1 cm³/mol. The van der Waals surface area contributed by atoms with Gasteiger partial charge in [-0.2, -0.15) is 5.26 Å². The van der Waals surface area contributed by atoms with Crippen molar-refractivity contribution in [3.63, 3.8) is 0 Å². The second kappa shape index (κ2) is 4.68. The quantitative estimate of drug-likeness (QED) is 0.934. The minimum Gasteiger partial charge on any atom is -0.383 e. The van der Waals surface area contributed by atoms with Gasteiger partial charge in [-0.3, -0.25) is 4.98 Å². The SMILES string of the molecule is N#Cc1cnc2ccc3c(c2c1NCC1CC1)CCS3. The van der Waals surface area contributed by atoms with Gasteiger partial charge in [-0.05, 0) is 42.9 Å². The van der Waals surface area contributed by atoms with Crippen molar-refractivity contribution in [1.29, 1.82) is 5.26 Å². The average molecular weight is 281 g/mol. The molecule has 1 aromatic carbocycles.